The lowest BCUT2D eigenvalue weighted by Gasteiger charge is -2.10. The smallest absolute Gasteiger partial charge is 0.0986 e. The molecule has 60 valence electrons. The maximum absolute atomic E-state index is 3.93. The summed E-state index contributed by atoms with van der Waals surface area (Å²) in [6.45, 7) is 6.50. The highest BCUT2D eigenvalue weighted by molar-refractivity contribution is 5.23. The zero-order valence-corrected chi connectivity index (χ0v) is 7.28. The number of hydrogen-bond donors (Lipinski definition) is 0. The van der Waals surface area contributed by atoms with Gasteiger partial charge in [-0.25, -0.2) is 4.98 Å². The van der Waals surface area contributed by atoms with Crippen molar-refractivity contribution in [1.82, 2.24) is 9.55 Å². The molecule has 2 nitrogen and oxygen atoms in total. The number of imidazole rings is 1. The van der Waals surface area contributed by atoms with Gasteiger partial charge >= 0.3 is 0 Å². The summed E-state index contributed by atoms with van der Waals surface area (Å²) in [4.78, 5) is 3.93. The molecule has 0 aliphatic rings. The van der Waals surface area contributed by atoms with Crippen molar-refractivity contribution in [2.75, 3.05) is 0 Å². The fourth-order valence-electron chi connectivity index (χ4n) is 0.667. The van der Waals surface area contributed by atoms with Gasteiger partial charge in [-0.05, 0) is 5.41 Å². The van der Waals surface area contributed by atoms with Gasteiger partial charge in [-0.2, -0.15) is 0 Å². The zero-order valence-electron chi connectivity index (χ0n) is 7.28. The lowest BCUT2D eigenvalue weighted by Crippen LogP contribution is -1.99. The van der Waals surface area contributed by atoms with Crippen LogP contribution >= 0.6 is 0 Å². The van der Waals surface area contributed by atoms with Gasteiger partial charge in [0.05, 0.1) is 6.33 Å². The predicted octanol–water partition coefficient (Wildman–Crippen LogP) is 2.40. The Bertz CT molecular complexity index is 227. The summed E-state index contributed by atoms with van der Waals surface area (Å²) < 4.78 is 1.94. The van der Waals surface area contributed by atoms with Crippen molar-refractivity contribution in [2.24, 2.45) is 5.41 Å². The van der Waals surface area contributed by atoms with Crippen molar-refractivity contribution in [2.45, 2.75) is 20.8 Å². The molecule has 0 fully saturated rings. The van der Waals surface area contributed by atoms with Gasteiger partial charge in [0.25, 0.3) is 0 Å². The number of rotatable bonds is 1. The first-order valence-electron chi connectivity index (χ1n) is 3.75. The summed E-state index contributed by atoms with van der Waals surface area (Å²) in [6.07, 6.45) is 9.64. The minimum atomic E-state index is 0.240. The third-order valence-electron chi connectivity index (χ3n) is 1.27. The van der Waals surface area contributed by atoms with Crippen LogP contribution in [-0.2, 0) is 0 Å². The highest BCUT2D eigenvalue weighted by Gasteiger charge is 2.02. The Hall–Kier alpha value is -1.05. The molecule has 1 aromatic heterocycles. The molecule has 0 aliphatic heterocycles. The Morgan fingerprint density at radius 2 is 2.09 bits per heavy atom. The second-order valence-electron chi connectivity index (χ2n) is 3.69. The minimum absolute atomic E-state index is 0.240. The molecule has 1 aromatic rings. The molecule has 0 spiro atoms. The zero-order chi connectivity index (χ0) is 8.32. The molecule has 2 heteroatoms. The normalized spacial score (nSPS) is 12.6. The summed E-state index contributed by atoms with van der Waals surface area (Å²) >= 11 is 0. The number of nitrogens with zero attached hydrogens (tertiary/aromatic N) is 2. The maximum atomic E-state index is 3.93. The minimum Gasteiger partial charge on any atom is -0.313 e. The molecule has 0 aromatic carbocycles. The molecular weight excluding hydrogens is 136 g/mol. The first-order chi connectivity index (χ1) is 5.08. The average Bonchev–Trinajstić information content (AvgIpc) is 2.32. The third-order valence-corrected chi connectivity index (χ3v) is 1.27. The lowest BCUT2D eigenvalue weighted by atomic mass is 9.97. The van der Waals surface area contributed by atoms with E-state index in [1.165, 1.54) is 0 Å². The third kappa shape index (κ3) is 3.03. The molecule has 0 unspecified atom stereocenters. The maximum Gasteiger partial charge on any atom is 0.0986 e. The summed E-state index contributed by atoms with van der Waals surface area (Å²) in [5.74, 6) is 0. The molecular formula is C9H14N2. The molecule has 0 saturated carbocycles. The summed E-state index contributed by atoms with van der Waals surface area (Å²) in [5.41, 5.74) is 0.240. The summed E-state index contributed by atoms with van der Waals surface area (Å²) in [6, 6.07) is 0. The van der Waals surface area contributed by atoms with E-state index in [1.54, 1.807) is 12.5 Å². The summed E-state index contributed by atoms with van der Waals surface area (Å²) in [5, 5.41) is 0. The second-order valence-corrected chi connectivity index (χ2v) is 3.69. The van der Waals surface area contributed by atoms with Crippen LogP contribution in [-0.4, -0.2) is 9.55 Å². The van der Waals surface area contributed by atoms with Crippen LogP contribution < -0.4 is 0 Å². The molecule has 0 bridgehead atoms. The fraction of sp³-hybridized carbons (Fsp3) is 0.444. The van der Waals surface area contributed by atoms with Crippen molar-refractivity contribution in [3.63, 3.8) is 0 Å². The molecule has 0 atom stereocenters. The molecule has 0 saturated heterocycles. The molecule has 0 aliphatic carbocycles. The molecule has 0 N–H and O–H groups in total. The Balaban J connectivity index is 2.63. The van der Waals surface area contributed by atoms with Gasteiger partial charge in [0.1, 0.15) is 0 Å². The van der Waals surface area contributed by atoms with Crippen LogP contribution in [0.15, 0.2) is 24.8 Å². The topological polar surface area (TPSA) is 17.8 Å². The van der Waals surface area contributed by atoms with Gasteiger partial charge in [-0.15, -0.1) is 0 Å². The van der Waals surface area contributed by atoms with Gasteiger partial charge in [-0.1, -0.05) is 26.8 Å². The van der Waals surface area contributed by atoms with Crippen LogP contribution in [0.4, 0.5) is 0 Å². The quantitative estimate of drug-likeness (QED) is 0.601. The average molecular weight is 150 g/mol. The van der Waals surface area contributed by atoms with Crippen molar-refractivity contribution < 1.29 is 0 Å². The Labute approximate surface area is 67.6 Å². The molecule has 0 radical (unpaired) electrons. The number of aromatic nitrogens is 2. The molecule has 1 heterocycles. The van der Waals surface area contributed by atoms with Crippen LogP contribution in [0.2, 0.25) is 0 Å². The number of allylic oxidation sites excluding steroid dienone is 1. The fourth-order valence-corrected chi connectivity index (χ4v) is 0.667. The molecule has 0 amide bonds. The Morgan fingerprint density at radius 1 is 1.36 bits per heavy atom. The van der Waals surface area contributed by atoms with E-state index in [4.69, 9.17) is 0 Å². The Morgan fingerprint density at radius 3 is 2.55 bits per heavy atom. The molecule has 11 heavy (non-hydrogen) atoms. The van der Waals surface area contributed by atoms with Gasteiger partial charge < -0.3 is 4.57 Å². The lowest BCUT2D eigenvalue weighted by molar-refractivity contribution is 0.545. The standard InChI is InChI=1S/C9H14N2/c1-9(2,3)4-6-11-7-5-10-8-11/h4-8H,1-3H3. The number of hydrogen-bond acceptors (Lipinski definition) is 1. The van der Waals surface area contributed by atoms with Gasteiger partial charge in [-0.3, -0.25) is 0 Å². The highest BCUT2D eigenvalue weighted by atomic mass is 15.0. The van der Waals surface area contributed by atoms with Crippen molar-refractivity contribution in [3.05, 3.63) is 24.8 Å². The van der Waals surface area contributed by atoms with Crippen molar-refractivity contribution >= 4 is 6.20 Å². The van der Waals surface area contributed by atoms with Crippen LogP contribution in [0.5, 0.6) is 0 Å². The van der Waals surface area contributed by atoms with Crippen LogP contribution in [0.1, 0.15) is 20.8 Å². The highest BCUT2D eigenvalue weighted by Crippen LogP contribution is 2.14. The first kappa shape index (κ1) is 8.05. The van der Waals surface area contributed by atoms with E-state index in [1.807, 2.05) is 17.0 Å². The van der Waals surface area contributed by atoms with E-state index in [9.17, 15) is 0 Å². The predicted molar refractivity (Wildman–Crippen MR) is 47.0 cm³/mol. The monoisotopic (exact) mass is 150 g/mol. The largest absolute Gasteiger partial charge is 0.313 e. The van der Waals surface area contributed by atoms with Crippen molar-refractivity contribution in [1.29, 1.82) is 0 Å². The van der Waals surface area contributed by atoms with E-state index in [2.05, 4.69) is 31.8 Å². The summed E-state index contributed by atoms with van der Waals surface area (Å²) in [7, 11) is 0. The van der Waals surface area contributed by atoms with E-state index < -0.39 is 0 Å². The van der Waals surface area contributed by atoms with Crippen LogP contribution in [0, 0.1) is 5.41 Å². The van der Waals surface area contributed by atoms with Gasteiger partial charge in [0, 0.05) is 18.6 Å². The van der Waals surface area contributed by atoms with E-state index in [-0.39, 0.29) is 5.41 Å². The van der Waals surface area contributed by atoms with E-state index in [0.29, 0.717) is 0 Å². The van der Waals surface area contributed by atoms with Gasteiger partial charge in [0.15, 0.2) is 0 Å². The first-order valence-corrected chi connectivity index (χ1v) is 3.75. The Kier molecular flexibility index (Phi) is 2.13. The van der Waals surface area contributed by atoms with Gasteiger partial charge in [0.2, 0.25) is 0 Å². The van der Waals surface area contributed by atoms with Crippen LogP contribution in [0.25, 0.3) is 6.20 Å². The van der Waals surface area contributed by atoms with Crippen molar-refractivity contribution in [3.8, 4) is 0 Å². The van der Waals surface area contributed by atoms with E-state index in [0.717, 1.165) is 0 Å². The molecule has 1 rings (SSSR count). The van der Waals surface area contributed by atoms with E-state index >= 15 is 0 Å². The van der Waals surface area contributed by atoms with Crippen LogP contribution in [0.3, 0.4) is 0 Å². The SMILES string of the molecule is CC(C)(C)C=Cn1ccnc1. The second kappa shape index (κ2) is 2.91.